The first kappa shape index (κ1) is 33.5. The number of aromatic nitrogens is 1. The largest absolute Gasteiger partial charge is 0.417 e. The van der Waals surface area contributed by atoms with Crippen molar-refractivity contribution < 1.29 is 24.0 Å². The summed E-state index contributed by atoms with van der Waals surface area (Å²) in [5.74, 6) is -0.236. The number of ketones is 1. The lowest BCUT2D eigenvalue weighted by atomic mass is 9.93. The Labute approximate surface area is 261 Å². The minimum atomic E-state index is -0.726. The lowest BCUT2D eigenvalue weighted by Gasteiger charge is -2.40. The summed E-state index contributed by atoms with van der Waals surface area (Å²) in [4.78, 5) is 60.7. The summed E-state index contributed by atoms with van der Waals surface area (Å²) in [6.45, 7) is 6.93. The third kappa shape index (κ3) is 8.20. The van der Waals surface area contributed by atoms with Crippen LogP contribution in [0.2, 0.25) is 0 Å². The van der Waals surface area contributed by atoms with Crippen molar-refractivity contribution in [2.45, 2.75) is 116 Å². The molecule has 1 aromatic carbocycles. The van der Waals surface area contributed by atoms with Gasteiger partial charge in [0, 0.05) is 43.6 Å². The number of carbonyl (C=O) groups excluding carboxylic acids is 4. The first-order chi connectivity index (χ1) is 21.3. The van der Waals surface area contributed by atoms with Crippen molar-refractivity contribution in [3.63, 3.8) is 0 Å². The predicted molar refractivity (Wildman–Crippen MR) is 171 cm³/mol. The normalized spacial score (nSPS) is 24.1. The SMILES string of the molecule is CCC(=O)CCCCC[C@@H]1NC(=O)[C@H]2CCCCN2C(=O)[C@H](C(C)CC)NC[C@H](Cc2cn(OC)c3ccccc23)NC1=O. The Bertz CT molecular complexity index is 1290. The van der Waals surface area contributed by atoms with E-state index in [-0.39, 0.29) is 35.5 Å². The maximum atomic E-state index is 14.0. The lowest BCUT2D eigenvalue weighted by Crippen LogP contribution is -2.63. The number of benzene rings is 1. The van der Waals surface area contributed by atoms with Crippen LogP contribution in [-0.4, -0.2) is 77.5 Å². The van der Waals surface area contributed by atoms with Gasteiger partial charge in [-0.25, -0.2) is 0 Å². The number of nitrogens with zero attached hydrogens (tertiary/aromatic N) is 2. The van der Waals surface area contributed by atoms with Crippen LogP contribution in [0, 0.1) is 5.92 Å². The summed E-state index contributed by atoms with van der Waals surface area (Å²) in [6, 6.07) is 5.86. The van der Waals surface area contributed by atoms with Gasteiger partial charge in [-0.2, -0.15) is 4.73 Å². The Morgan fingerprint density at radius 3 is 2.59 bits per heavy atom. The van der Waals surface area contributed by atoms with Gasteiger partial charge in [0.05, 0.1) is 11.6 Å². The average Bonchev–Trinajstić information content (AvgIpc) is 3.40. The summed E-state index contributed by atoms with van der Waals surface area (Å²) in [7, 11) is 1.62. The van der Waals surface area contributed by atoms with Gasteiger partial charge in [0.25, 0.3) is 0 Å². The second-order valence-electron chi connectivity index (χ2n) is 12.5. The fourth-order valence-corrected chi connectivity index (χ4v) is 6.52. The Hall–Kier alpha value is -3.40. The minimum absolute atomic E-state index is 0.0435. The third-order valence-corrected chi connectivity index (χ3v) is 9.40. The molecule has 1 unspecified atom stereocenters. The Balaban J connectivity index is 1.61. The molecule has 5 atom stereocenters. The van der Waals surface area contributed by atoms with Crippen LogP contribution < -0.4 is 20.8 Å². The van der Waals surface area contributed by atoms with Crippen LogP contribution in [0.3, 0.4) is 0 Å². The zero-order chi connectivity index (χ0) is 31.6. The average molecular weight is 610 g/mol. The predicted octanol–water partition coefficient (Wildman–Crippen LogP) is 3.54. The summed E-state index contributed by atoms with van der Waals surface area (Å²) in [6.07, 6.45) is 9.40. The van der Waals surface area contributed by atoms with Crippen LogP contribution in [0.1, 0.15) is 90.5 Å². The van der Waals surface area contributed by atoms with Crippen LogP contribution in [-0.2, 0) is 25.6 Å². The van der Waals surface area contributed by atoms with Crippen LogP contribution >= 0.6 is 0 Å². The van der Waals surface area contributed by atoms with E-state index in [0.717, 1.165) is 48.6 Å². The number of hydrogen-bond acceptors (Lipinski definition) is 6. The van der Waals surface area contributed by atoms with Gasteiger partial charge >= 0.3 is 0 Å². The molecule has 242 valence electrons. The van der Waals surface area contributed by atoms with Gasteiger partial charge in [0.15, 0.2) is 0 Å². The molecule has 10 heteroatoms. The van der Waals surface area contributed by atoms with Crippen molar-refractivity contribution >= 4 is 34.4 Å². The maximum Gasteiger partial charge on any atom is 0.243 e. The molecular formula is C34H51N5O5. The van der Waals surface area contributed by atoms with Crippen molar-refractivity contribution in [1.29, 1.82) is 0 Å². The minimum Gasteiger partial charge on any atom is -0.417 e. The van der Waals surface area contributed by atoms with Gasteiger partial charge in [-0.05, 0) is 56.1 Å². The Morgan fingerprint density at radius 1 is 1.05 bits per heavy atom. The molecule has 2 fully saturated rings. The highest BCUT2D eigenvalue weighted by atomic mass is 16.6. The van der Waals surface area contributed by atoms with E-state index >= 15 is 0 Å². The molecule has 2 aromatic rings. The highest BCUT2D eigenvalue weighted by Gasteiger charge is 2.39. The molecule has 10 nitrogen and oxygen atoms in total. The molecular weight excluding hydrogens is 558 g/mol. The Morgan fingerprint density at radius 2 is 1.84 bits per heavy atom. The van der Waals surface area contributed by atoms with E-state index in [1.807, 2.05) is 37.4 Å². The van der Waals surface area contributed by atoms with Gasteiger partial charge in [-0.3, -0.25) is 19.2 Å². The zero-order valence-corrected chi connectivity index (χ0v) is 26.9. The number of nitrogens with one attached hydrogen (secondary N) is 3. The molecule has 3 heterocycles. The molecule has 0 radical (unpaired) electrons. The highest BCUT2D eigenvalue weighted by Crippen LogP contribution is 2.24. The van der Waals surface area contributed by atoms with Crippen molar-refractivity contribution in [2.75, 3.05) is 20.2 Å². The lowest BCUT2D eigenvalue weighted by molar-refractivity contribution is -0.146. The first-order valence-corrected chi connectivity index (χ1v) is 16.6. The van der Waals surface area contributed by atoms with E-state index in [0.29, 0.717) is 51.6 Å². The molecule has 2 aliphatic heterocycles. The van der Waals surface area contributed by atoms with Gasteiger partial charge < -0.3 is 25.7 Å². The van der Waals surface area contributed by atoms with E-state index in [4.69, 9.17) is 4.84 Å². The summed E-state index contributed by atoms with van der Waals surface area (Å²) in [5.41, 5.74) is 1.96. The molecule has 0 aliphatic carbocycles. The fraction of sp³-hybridized carbons (Fsp3) is 0.647. The van der Waals surface area contributed by atoms with Crippen molar-refractivity contribution in [3.05, 3.63) is 36.0 Å². The topological polar surface area (TPSA) is 122 Å². The summed E-state index contributed by atoms with van der Waals surface area (Å²) in [5, 5.41) is 10.8. The van der Waals surface area contributed by atoms with E-state index < -0.39 is 18.1 Å². The number of Topliss-reactive ketones (excluding diaryl/α,β-unsaturated/α-hetero) is 1. The molecule has 1 aromatic heterocycles. The van der Waals surface area contributed by atoms with Gasteiger partial charge in [0.1, 0.15) is 25.0 Å². The molecule has 0 saturated carbocycles. The van der Waals surface area contributed by atoms with Gasteiger partial charge in [-0.15, -0.1) is 0 Å². The number of rotatable bonds is 12. The summed E-state index contributed by atoms with van der Waals surface area (Å²) >= 11 is 0. The molecule has 3 amide bonds. The number of para-hydroxylation sites is 1. The second-order valence-corrected chi connectivity index (χ2v) is 12.5. The number of unbranched alkanes of at least 4 members (excludes halogenated alkanes) is 2. The molecule has 4 rings (SSSR count). The third-order valence-electron chi connectivity index (χ3n) is 9.40. The van der Waals surface area contributed by atoms with Crippen molar-refractivity contribution in [3.8, 4) is 0 Å². The van der Waals surface area contributed by atoms with Crippen LogP contribution in [0.4, 0.5) is 0 Å². The van der Waals surface area contributed by atoms with Gasteiger partial charge in [0.2, 0.25) is 17.7 Å². The van der Waals surface area contributed by atoms with Gasteiger partial charge in [-0.1, -0.05) is 58.2 Å². The quantitative estimate of drug-likeness (QED) is 0.317. The van der Waals surface area contributed by atoms with Crippen LogP contribution in [0.5, 0.6) is 0 Å². The molecule has 2 saturated heterocycles. The summed E-state index contributed by atoms with van der Waals surface area (Å²) < 4.78 is 1.73. The van der Waals surface area contributed by atoms with Crippen molar-refractivity contribution in [2.24, 2.45) is 5.92 Å². The van der Waals surface area contributed by atoms with E-state index in [9.17, 15) is 19.2 Å². The molecule has 2 aliphatic rings. The number of hydrogen-bond donors (Lipinski definition) is 3. The maximum absolute atomic E-state index is 14.0. The second kappa shape index (κ2) is 16.1. The molecule has 0 bridgehead atoms. The monoisotopic (exact) mass is 609 g/mol. The van der Waals surface area contributed by atoms with E-state index in [1.54, 1.807) is 16.7 Å². The van der Waals surface area contributed by atoms with Crippen LogP contribution in [0.25, 0.3) is 10.9 Å². The van der Waals surface area contributed by atoms with Crippen molar-refractivity contribution in [1.82, 2.24) is 25.6 Å². The standard InChI is InChI=1S/C34H51N5O5/c1-5-23(3)31-34(43)38-19-13-12-18-30(38)33(42)37-28(16-9-7-8-14-26(40)6-2)32(41)36-25(21-35-31)20-24-22-39(44-4)29-17-11-10-15-27(24)29/h10-11,15,17,22-23,25,28,30-31,35H,5-9,12-14,16,18-21H2,1-4H3,(H,36,41)(H,37,42)/t23?,25-,28-,30+,31-/m0/s1. The highest BCUT2D eigenvalue weighted by molar-refractivity contribution is 5.93. The van der Waals surface area contributed by atoms with E-state index in [1.165, 1.54) is 0 Å². The first-order valence-electron chi connectivity index (χ1n) is 16.6. The van der Waals surface area contributed by atoms with E-state index in [2.05, 4.69) is 29.8 Å². The number of fused-ring (bicyclic) bond motifs is 2. The number of carbonyl (C=O) groups is 4. The molecule has 44 heavy (non-hydrogen) atoms. The number of piperidine rings is 1. The zero-order valence-electron chi connectivity index (χ0n) is 26.9. The molecule has 0 spiro atoms. The fourth-order valence-electron chi connectivity index (χ4n) is 6.52. The Kier molecular flexibility index (Phi) is 12.2. The number of amides is 3. The molecule has 3 N–H and O–H groups in total. The smallest absolute Gasteiger partial charge is 0.243 e. The van der Waals surface area contributed by atoms with Crippen LogP contribution in [0.15, 0.2) is 30.5 Å².